The van der Waals surface area contributed by atoms with E-state index < -0.39 is 0 Å². The molecular weight excluding hydrogens is 126 g/mol. The second-order valence-electron chi connectivity index (χ2n) is 2.44. The number of furan rings is 1. The normalized spacial score (nSPS) is 13.6. The van der Waals surface area contributed by atoms with Gasteiger partial charge in [0, 0.05) is 17.8 Å². The molecule has 0 fully saturated rings. The van der Waals surface area contributed by atoms with Gasteiger partial charge in [0.05, 0.1) is 12.0 Å². The number of rotatable bonds is 0. The van der Waals surface area contributed by atoms with Crippen molar-refractivity contribution < 1.29 is 4.42 Å². The maximum Gasteiger partial charge on any atom is 0.159 e. The molecule has 0 aliphatic carbocycles. The van der Waals surface area contributed by atoms with Crippen molar-refractivity contribution in [2.24, 2.45) is 0 Å². The van der Waals surface area contributed by atoms with E-state index in [0.717, 1.165) is 5.58 Å². The molecule has 0 aromatic carbocycles. The maximum absolute atomic E-state index is 5.25. The zero-order valence-corrected chi connectivity index (χ0v) is 5.24. The first kappa shape index (κ1) is 4.39. The fraction of sp³-hybridized carbons (Fsp3) is 0. The van der Waals surface area contributed by atoms with Crippen LogP contribution in [0.15, 0.2) is 22.9 Å². The predicted molar refractivity (Wildman–Crippen MR) is 39.4 cm³/mol. The van der Waals surface area contributed by atoms with Crippen LogP contribution < -0.4 is 0 Å². The molecule has 10 heavy (non-hydrogen) atoms. The van der Waals surface area contributed by atoms with E-state index in [-0.39, 0.29) is 0 Å². The molecule has 0 saturated heterocycles. The second kappa shape index (κ2) is 1.19. The van der Waals surface area contributed by atoms with E-state index in [1.807, 2.05) is 18.3 Å². The van der Waals surface area contributed by atoms with Crippen LogP contribution in [0.2, 0.25) is 0 Å². The van der Waals surface area contributed by atoms with E-state index in [2.05, 4.69) is 10.8 Å². The Balaban J connectivity index is 2.63. The molecule has 1 aliphatic rings. The zero-order valence-electron chi connectivity index (χ0n) is 5.24. The second-order valence-corrected chi connectivity index (χ2v) is 2.44. The fourth-order valence-corrected chi connectivity index (χ4v) is 1.32. The smallest absolute Gasteiger partial charge is 0.159 e. The van der Waals surface area contributed by atoms with Crippen molar-refractivity contribution in [2.75, 3.05) is 0 Å². The molecule has 3 heterocycles. The van der Waals surface area contributed by atoms with Crippen LogP contribution in [0.3, 0.4) is 0 Å². The summed E-state index contributed by atoms with van der Waals surface area (Å²) in [7, 11) is 0. The third-order valence-electron chi connectivity index (χ3n) is 1.88. The molecule has 2 aromatic heterocycles. The summed E-state index contributed by atoms with van der Waals surface area (Å²) in [5.41, 5.74) is 2.18. The van der Waals surface area contributed by atoms with Crippen molar-refractivity contribution in [1.29, 1.82) is 0 Å². The average Bonchev–Trinajstić information content (AvgIpc) is 2.35. The zero-order chi connectivity index (χ0) is 6.55. The molecule has 2 aromatic rings. The van der Waals surface area contributed by atoms with Crippen molar-refractivity contribution in [2.45, 2.75) is 0 Å². The van der Waals surface area contributed by atoms with E-state index in [0.29, 0.717) is 0 Å². The first-order valence-corrected chi connectivity index (χ1v) is 3.21. The lowest BCUT2D eigenvalue weighted by Gasteiger charge is -2.05. The standard InChI is InChI=1S/C8H5NO/c1-3-9-5-6-2-4-10-8(6)7(1)9/h1-5H. The molecule has 0 radical (unpaired) electrons. The Morgan fingerprint density at radius 3 is 3.20 bits per heavy atom. The Bertz CT molecular complexity index is 419. The minimum Gasteiger partial charge on any atom is -0.462 e. The molecule has 48 valence electrons. The van der Waals surface area contributed by atoms with Crippen LogP contribution in [0.25, 0.3) is 23.2 Å². The Morgan fingerprint density at radius 1 is 1.40 bits per heavy atom. The molecule has 0 atom stereocenters. The molecule has 3 rings (SSSR count). The van der Waals surface area contributed by atoms with Gasteiger partial charge in [0.25, 0.3) is 0 Å². The summed E-state index contributed by atoms with van der Waals surface area (Å²) in [5, 5.41) is 1.18. The van der Waals surface area contributed by atoms with Gasteiger partial charge in [-0.3, -0.25) is 0 Å². The van der Waals surface area contributed by atoms with E-state index in [4.69, 9.17) is 4.42 Å². The lowest BCUT2D eigenvalue weighted by atomic mass is 10.3. The van der Waals surface area contributed by atoms with E-state index >= 15 is 0 Å². The molecule has 0 saturated carbocycles. The summed E-state index contributed by atoms with van der Waals surface area (Å²) in [6.07, 6.45) is 7.85. The van der Waals surface area contributed by atoms with Crippen molar-refractivity contribution in [3.63, 3.8) is 0 Å². The topological polar surface area (TPSA) is 18.1 Å². The molecule has 0 amide bonds. The number of nitrogens with zero attached hydrogens (tertiary/aromatic N) is 1. The Morgan fingerprint density at radius 2 is 2.40 bits per heavy atom. The monoisotopic (exact) mass is 131 g/mol. The van der Waals surface area contributed by atoms with Gasteiger partial charge in [-0.1, -0.05) is 0 Å². The highest BCUT2D eigenvalue weighted by Crippen LogP contribution is 2.28. The lowest BCUT2D eigenvalue weighted by molar-refractivity contribution is 0.613. The highest BCUT2D eigenvalue weighted by atomic mass is 16.3. The van der Waals surface area contributed by atoms with E-state index in [1.165, 1.54) is 11.1 Å². The van der Waals surface area contributed by atoms with Gasteiger partial charge in [-0.05, 0) is 12.1 Å². The summed E-state index contributed by atoms with van der Waals surface area (Å²) >= 11 is 0. The predicted octanol–water partition coefficient (Wildman–Crippen LogP) is 2.18. The van der Waals surface area contributed by atoms with Crippen LogP contribution in [0.1, 0.15) is 5.69 Å². The molecule has 1 aliphatic heterocycles. The van der Waals surface area contributed by atoms with Gasteiger partial charge in [0.1, 0.15) is 0 Å². The van der Waals surface area contributed by atoms with Crippen molar-refractivity contribution in [3.8, 4) is 0 Å². The maximum atomic E-state index is 5.25. The fourth-order valence-electron chi connectivity index (χ4n) is 1.32. The van der Waals surface area contributed by atoms with Gasteiger partial charge in [-0.2, -0.15) is 0 Å². The van der Waals surface area contributed by atoms with Gasteiger partial charge < -0.3 is 8.98 Å². The summed E-state index contributed by atoms with van der Waals surface area (Å²) < 4.78 is 7.31. The molecule has 2 nitrogen and oxygen atoms in total. The molecule has 0 N–H and O–H groups in total. The van der Waals surface area contributed by atoms with Crippen LogP contribution >= 0.6 is 0 Å². The third-order valence-corrected chi connectivity index (χ3v) is 1.88. The molecular formula is C8H5NO. The molecule has 0 spiro atoms. The number of hydrogen-bond donors (Lipinski definition) is 0. The van der Waals surface area contributed by atoms with Gasteiger partial charge in [-0.25, -0.2) is 0 Å². The summed E-state index contributed by atoms with van der Waals surface area (Å²) in [6.45, 7) is 0. The summed E-state index contributed by atoms with van der Waals surface area (Å²) in [4.78, 5) is 0. The minimum absolute atomic E-state index is 1.00. The largest absolute Gasteiger partial charge is 0.462 e. The van der Waals surface area contributed by atoms with Crippen molar-refractivity contribution in [3.05, 3.63) is 24.2 Å². The van der Waals surface area contributed by atoms with Crippen LogP contribution in [-0.4, -0.2) is 4.57 Å². The minimum atomic E-state index is 1.00. The van der Waals surface area contributed by atoms with E-state index in [1.54, 1.807) is 6.26 Å². The third kappa shape index (κ3) is 0.310. The number of hydrogen-bond acceptors (Lipinski definition) is 1. The van der Waals surface area contributed by atoms with Crippen molar-refractivity contribution >= 4 is 23.2 Å². The molecule has 0 unspecified atom stereocenters. The van der Waals surface area contributed by atoms with Crippen molar-refractivity contribution in [1.82, 2.24) is 4.57 Å². The quantitative estimate of drug-likeness (QED) is 0.457. The summed E-state index contributed by atoms with van der Waals surface area (Å²) in [6, 6.07) is 1.97. The Hall–Kier alpha value is -1.44. The van der Waals surface area contributed by atoms with Crippen LogP contribution in [0.4, 0.5) is 0 Å². The van der Waals surface area contributed by atoms with Gasteiger partial charge in [-0.15, -0.1) is 0 Å². The van der Waals surface area contributed by atoms with E-state index in [9.17, 15) is 0 Å². The van der Waals surface area contributed by atoms with Crippen LogP contribution in [-0.2, 0) is 0 Å². The first-order chi connectivity index (χ1) is 4.95. The average molecular weight is 131 g/mol. The number of fused-ring (bicyclic) bond motifs is 3. The van der Waals surface area contributed by atoms with Gasteiger partial charge in [0.2, 0.25) is 0 Å². The molecule has 2 heteroatoms. The Labute approximate surface area is 57.4 Å². The Kier molecular flexibility index (Phi) is 0.520. The lowest BCUT2D eigenvalue weighted by Crippen LogP contribution is -1.94. The van der Waals surface area contributed by atoms with Gasteiger partial charge >= 0.3 is 0 Å². The number of aromatic nitrogens is 1. The van der Waals surface area contributed by atoms with Crippen LogP contribution in [0.5, 0.6) is 0 Å². The van der Waals surface area contributed by atoms with Gasteiger partial charge in [0.15, 0.2) is 5.58 Å². The first-order valence-electron chi connectivity index (χ1n) is 3.21. The SMILES string of the molecule is C1=Cn2cc3ccoc3c21. The highest BCUT2D eigenvalue weighted by Gasteiger charge is 2.12. The highest BCUT2D eigenvalue weighted by molar-refractivity contribution is 5.92. The molecule has 0 bridgehead atoms. The summed E-state index contributed by atoms with van der Waals surface area (Å²) in [5.74, 6) is 0. The van der Waals surface area contributed by atoms with Crippen LogP contribution in [0, 0.1) is 0 Å².